The van der Waals surface area contributed by atoms with Crippen molar-refractivity contribution in [3.05, 3.63) is 70.8 Å². The highest BCUT2D eigenvalue weighted by Gasteiger charge is 2.38. The number of thioether (sulfide) groups is 1. The molecule has 1 saturated heterocycles. The van der Waals surface area contributed by atoms with E-state index in [1.807, 2.05) is 55.6 Å². The fraction of sp³-hybridized carbons (Fsp3) is 0.500. The average molecular weight is 597 g/mol. The van der Waals surface area contributed by atoms with E-state index in [0.717, 1.165) is 41.5 Å². The molecule has 2 amide bonds. The fourth-order valence-electron chi connectivity index (χ4n) is 4.74. The van der Waals surface area contributed by atoms with E-state index in [0.29, 0.717) is 30.4 Å². The van der Waals surface area contributed by atoms with Crippen molar-refractivity contribution in [3.63, 3.8) is 0 Å². The Labute approximate surface area is 250 Å². The molecule has 1 aliphatic heterocycles. The molecule has 3 N–H and O–H groups in total. The summed E-state index contributed by atoms with van der Waals surface area (Å²) in [6, 6.07) is 15.8. The number of ether oxygens (including phenoxy) is 2. The zero-order valence-corrected chi connectivity index (χ0v) is 25.2. The maximum atomic E-state index is 12.3. The smallest absolute Gasteiger partial charge is 0.220 e. The van der Waals surface area contributed by atoms with E-state index in [-0.39, 0.29) is 36.5 Å². The molecule has 3 aromatic rings. The number of aliphatic hydroxyl groups excluding tert-OH is 1. The quantitative estimate of drug-likeness (QED) is 0.188. The number of aromatic nitrogens is 4. The summed E-state index contributed by atoms with van der Waals surface area (Å²) < 4.78 is 14.7. The van der Waals surface area contributed by atoms with Gasteiger partial charge in [0.05, 0.1) is 18.8 Å². The zero-order chi connectivity index (χ0) is 29.9. The minimum atomic E-state index is -0.576. The lowest BCUT2D eigenvalue weighted by atomic mass is 9.91. The summed E-state index contributed by atoms with van der Waals surface area (Å²) in [5, 5.41) is 27.7. The average Bonchev–Trinajstić information content (AvgIpc) is 3.41. The fourth-order valence-corrected chi connectivity index (χ4v) is 5.76. The Hall–Kier alpha value is -3.32. The van der Waals surface area contributed by atoms with Crippen molar-refractivity contribution in [1.82, 2.24) is 30.8 Å². The molecule has 1 aromatic heterocycles. The van der Waals surface area contributed by atoms with Crippen molar-refractivity contribution in [3.8, 4) is 0 Å². The van der Waals surface area contributed by atoms with Gasteiger partial charge in [-0.25, -0.2) is 4.68 Å². The number of carbonyl (C=O) groups excluding carboxylic acids is 2. The van der Waals surface area contributed by atoms with Crippen LogP contribution in [0.25, 0.3) is 0 Å². The molecule has 2 aromatic carbocycles. The number of hydrogen-bond donors (Lipinski definition) is 3. The molecule has 4 rings (SSSR count). The normalized spacial score (nSPS) is 20.3. The second-order valence-electron chi connectivity index (χ2n) is 10.5. The number of nitrogens with zero attached hydrogens (tertiary/aromatic N) is 4. The molecule has 0 spiro atoms. The zero-order valence-electron chi connectivity index (χ0n) is 24.4. The lowest BCUT2D eigenvalue weighted by molar-refractivity contribution is -0.268. The molecule has 1 aliphatic rings. The van der Waals surface area contributed by atoms with Gasteiger partial charge in [-0.1, -0.05) is 73.6 Å². The van der Waals surface area contributed by atoms with Gasteiger partial charge in [-0.05, 0) is 40.0 Å². The number of unbranched alkanes of at least 4 members (excludes halogenated alkanes) is 2. The first-order valence-corrected chi connectivity index (χ1v) is 15.3. The summed E-state index contributed by atoms with van der Waals surface area (Å²) in [5.41, 5.74) is 3.75. The number of carbonyl (C=O) groups is 2. The van der Waals surface area contributed by atoms with Crippen molar-refractivity contribution in [2.45, 2.75) is 76.3 Å². The molecule has 4 unspecified atom stereocenters. The molecular weight excluding hydrogens is 556 g/mol. The first-order valence-electron chi connectivity index (χ1n) is 14.3. The summed E-state index contributed by atoms with van der Waals surface area (Å²) in [4.78, 5) is 23.2. The monoisotopic (exact) mass is 596 g/mol. The largest absolute Gasteiger partial charge is 0.392 e. The second kappa shape index (κ2) is 15.8. The van der Waals surface area contributed by atoms with Crippen LogP contribution in [0.1, 0.15) is 74.2 Å². The summed E-state index contributed by atoms with van der Waals surface area (Å²) >= 11 is 1.54. The first-order chi connectivity index (χ1) is 20.3. The van der Waals surface area contributed by atoms with Crippen LogP contribution in [0.15, 0.2) is 53.7 Å². The Balaban J connectivity index is 1.36. The molecule has 2 heterocycles. The SMILES string of the molecule is CC(=O)NCCCCCC(=O)NCc1ccc(C2OC(CSc3nnnn3C)C(C)C(c3ccc(CO)cc3)O2)cc1. The van der Waals surface area contributed by atoms with E-state index in [9.17, 15) is 14.7 Å². The number of aliphatic hydroxyl groups is 1. The summed E-state index contributed by atoms with van der Waals surface area (Å²) in [5.74, 6) is 0.686. The van der Waals surface area contributed by atoms with E-state index >= 15 is 0 Å². The molecule has 0 aliphatic carbocycles. The third kappa shape index (κ3) is 9.09. The van der Waals surface area contributed by atoms with Gasteiger partial charge >= 0.3 is 0 Å². The molecule has 0 saturated carbocycles. The van der Waals surface area contributed by atoms with E-state index < -0.39 is 6.29 Å². The standard InChI is InChI=1S/C30H40N6O5S/c1-20-26(19-42-30-33-34-35-36(30)3)40-29(41-28(20)24-12-10-23(18-37)11-13-24)25-14-8-22(9-15-25)17-32-27(39)7-5-4-6-16-31-21(2)38/h8-15,20,26,28-29,37H,4-7,16-19H2,1-3H3,(H,31,38)(H,32,39). The Morgan fingerprint density at radius 1 is 0.976 bits per heavy atom. The Bertz CT molecular complexity index is 1290. The lowest BCUT2D eigenvalue weighted by Gasteiger charge is -2.41. The van der Waals surface area contributed by atoms with Crippen LogP contribution >= 0.6 is 11.8 Å². The predicted molar refractivity (Wildman–Crippen MR) is 158 cm³/mol. The van der Waals surface area contributed by atoms with Crippen molar-refractivity contribution in [2.75, 3.05) is 12.3 Å². The number of amides is 2. The number of benzene rings is 2. The maximum Gasteiger partial charge on any atom is 0.220 e. The van der Waals surface area contributed by atoms with Crippen LogP contribution in [-0.2, 0) is 39.3 Å². The second-order valence-corrected chi connectivity index (χ2v) is 11.5. The van der Waals surface area contributed by atoms with Crippen LogP contribution in [0.4, 0.5) is 0 Å². The van der Waals surface area contributed by atoms with Crippen molar-refractivity contribution in [2.24, 2.45) is 13.0 Å². The highest BCUT2D eigenvalue weighted by Crippen LogP contribution is 2.42. The molecule has 0 radical (unpaired) electrons. The molecule has 1 fully saturated rings. The van der Waals surface area contributed by atoms with Gasteiger partial charge in [0.15, 0.2) is 6.29 Å². The topological polar surface area (TPSA) is 140 Å². The summed E-state index contributed by atoms with van der Waals surface area (Å²) in [6.07, 6.45) is 2.09. The van der Waals surface area contributed by atoms with Crippen LogP contribution in [-0.4, -0.2) is 55.5 Å². The minimum Gasteiger partial charge on any atom is -0.392 e. The summed E-state index contributed by atoms with van der Waals surface area (Å²) in [7, 11) is 1.81. The van der Waals surface area contributed by atoms with Gasteiger partial charge in [0, 0.05) is 50.7 Å². The molecule has 0 bridgehead atoms. The molecule has 226 valence electrons. The van der Waals surface area contributed by atoms with E-state index in [4.69, 9.17) is 9.47 Å². The van der Waals surface area contributed by atoms with Gasteiger partial charge in [0.2, 0.25) is 17.0 Å². The number of rotatable bonds is 14. The van der Waals surface area contributed by atoms with Crippen molar-refractivity contribution >= 4 is 23.6 Å². The third-order valence-electron chi connectivity index (χ3n) is 7.28. The Morgan fingerprint density at radius 3 is 2.36 bits per heavy atom. The van der Waals surface area contributed by atoms with Gasteiger partial charge in [0.25, 0.3) is 0 Å². The van der Waals surface area contributed by atoms with Crippen LogP contribution < -0.4 is 10.6 Å². The minimum absolute atomic E-state index is 0.00910. The van der Waals surface area contributed by atoms with E-state index in [1.165, 1.54) is 6.92 Å². The maximum absolute atomic E-state index is 12.3. The number of nitrogens with one attached hydrogen (secondary N) is 2. The third-order valence-corrected chi connectivity index (χ3v) is 8.38. The molecule has 11 nitrogen and oxygen atoms in total. The van der Waals surface area contributed by atoms with Gasteiger partial charge in [-0.15, -0.1) is 5.10 Å². The van der Waals surface area contributed by atoms with Crippen molar-refractivity contribution in [1.29, 1.82) is 0 Å². The number of hydrogen-bond acceptors (Lipinski definition) is 9. The molecular formula is C30H40N6O5S. The van der Waals surface area contributed by atoms with Crippen molar-refractivity contribution < 1.29 is 24.2 Å². The van der Waals surface area contributed by atoms with Crippen LogP contribution in [0, 0.1) is 5.92 Å². The molecule has 4 atom stereocenters. The highest BCUT2D eigenvalue weighted by atomic mass is 32.2. The van der Waals surface area contributed by atoms with Crippen LogP contribution in [0.3, 0.4) is 0 Å². The predicted octanol–water partition coefficient (Wildman–Crippen LogP) is 3.60. The van der Waals surface area contributed by atoms with E-state index in [1.54, 1.807) is 16.4 Å². The van der Waals surface area contributed by atoms with Gasteiger partial charge in [-0.3, -0.25) is 9.59 Å². The van der Waals surface area contributed by atoms with Crippen LogP contribution in [0.5, 0.6) is 0 Å². The number of aryl methyl sites for hydroxylation is 1. The van der Waals surface area contributed by atoms with Crippen LogP contribution in [0.2, 0.25) is 0 Å². The van der Waals surface area contributed by atoms with E-state index in [2.05, 4.69) is 33.1 Å². The lowest BCUT2D eigenvalue weighted by Crippen LogP contribution is -2.38. The Morgan fingerprint density at radius 2 is 1.69 bits per heavy atom. The summed E-state index contributed by atoms with van der Waals surface area (Å²) in [6.45, 7) is 4.70. The van der Waals surface area contributed by atoms with Gasteiger partial charge in [-0.2, -0.15) is 0 Å². The van der Waals surface area contributed by atoms with Gasteiger partial charge < -0.3 is 25.2 Å². The van der Waals surface area contributed by atoms with Gasteiger partial charge in [0.1, 0.15) is 0 Å². The Kier molecular flexibility index (Phi) is 11.9. The molecule has 12 heteroatoms. The number of tetrazole rings is 1. The highest BCUT2D eigenvalue weighted by molar-refractivity contribution is 7.99. The first kappa shape index (κ1) is 31.6. The molecule has 42 heavy (non-hydrogen) atoms.